The molecule has 0 saturated heterocycles. The van der Waals surface area contributed by atoms with E-state index < -0.39 is 0 Å². The predicted octanol–water partition coefficient (Wildman–Crippen LogP) is 2.45. The average molecular weight is 259 g/mol. The SMILES string of the molecule is CC(C)Oc1cccc(C(N)Cc2ccn(C)n2)c1. The van der Waals surface area contributed by atoms with Crippen molar-refractivity contribution in [3.8, 4) is 5.75 Å². The molecule has 2 N–H and O–H groups in total. The zero-order valence-corrected chi connectivity index (χ0v) is 11.7. The third-order valence-corrected chi connectivity index (χ3v) is 2.86. The molecular formula is C15H21N3O. The molecule has 1 aromatic carbocycles. The van der Waals surface area contributed by atoms with Gasteiger partial charge in [-0.2, -0.15) is 5.10 Å². The highest BCUT2D eigenvalue weighted by molar-refractivity contribution is 5.31. The fourth-order valence-corrected chi connectivity index (χ4v) is 2.01. The Bertz CT molecular complexity index is 534. The molecule has 102 valence electrons. The van der Waals surface area contributed by atoms with Crippen molar-refractivity contribution in [3.63, 3.8) is 0 Å². The largest absolute Gasteiger partial charge is 0.491 e. The molecule has 2 aromatic rings. The molecule has 0 aliphatic rings. The minimum Gasteiger partial charge on any atom is -0.491 e. The molecule has 19 heavy (non-hydrogen) atoms. The summed E-state index contributed by atoms with van der Waals surface area (Å²) in [5.41, 5.74) is 8.31. The van der Waals surface area contributed by atoms with Crippen molar-refractivity contribution in [2.75, 3.05) is 0 Å². The third-order valence-electron chi connectivity index (χ3n) is 2.86. The molecule has 0 amide bonds. The van der Waals surface area contributed by atoms with E-state index in [9.17, 15) is 0 Å². The van der Waals surface area contributed by atoms with E-state index >= 15 is 0 Å². The van der Waals surface area contributed by atoms with E-state index in [1.807, 2.05) is 57.4 Å². The number of nitrogens with zero attached hydrogens (tertiary/aromatic N) is 2. The average Bonchev–Trinajstić information content (AvgIpc) is 2.74. The van der Waals surface area contributed by atoms with Crippen LogP contribution in [0.4, 0.5) is 0 Å². The molecule has 0 radical (unpaired) electrons. The molecule has 0 aliphatic heterocycles. The van der Waals surface area contributed by atoms with E-state index in [4.69, 9.17) is 10.5 Å². The lowest BCUT2D eigenvalue weighted by atomic mass is 10.0. The Balaban J connectivity index is 2.08. The molecule has 1 atom stereocenters. The Kier molecular flexibility index (Phi) is 4.22. The zero-order valence-electron chi connectivity index (χ0n) is 11.7. The van der Waals surface area contributed by atoms with Gasteiger partial charge in [-0.3, -0.25) is 4.68 Å². The van der Waals surface area contributed by atoms with Crippen LogP contribution in [0.5, 0.6) is 5.75 Å². The van der Waals surface area contributed by atoms with Crippen molar-refractivity contribution in [2.45, 2.75) is 32.4 Å². The van der Waals surface area contributed by atoms with E-state index in [0.717, 1.165) is 23.4 Å². The molecule has 1 heterocycles. The first-order chi connectivity index (χ1) is 9.04. The van der Waals surface area contributed by atoms with Gasteiger partial charge < -0.3 is 10.5 Å². The first-order valence-corrected chi connectivity index (χ1v) is 6.55. The summed E-state index contributed by atoms with van der Waals surface area (Å²) in [7, 11) is 1.91. The van der Waals surface area contributed by atoms with Gasteiger partial charge in [0.1, 0.15) is 5.75 Å². The number of aromatic nitrogens is 2. The van der Waals surface area contributed by atoms with Gasteiger partial charge in [0.15, 0.2) is 0 Å². The Morgan fingerprint density at radius 1 is 1.32 bits per heavy atom. The lowest BCUT2D eigenvalue weighted by Crippen LogP contribution is -2.14. The van der Waals surface area contributed by atoms with Crippen LogP contribution < -0.4 is 10.5 Å². The molecule has 0 fully saturated rings. The van der Waals surface area contributed by atoms with Crippen LogP contribution in [0.25, 0.3) is 0 Å². The van der Waals surface area contributed by atoms with Crippen LogP contribution in [0.2, 0.25) is 0 Å². The van der Waals surface area contributed by atoms with E-state index in [2.05, 4.69) is 5.10 Å². The maximum Gasteiger partial charge on any atom is 0.120 e. The molecule has 0 saturated carbocycles. The fraction of sp³-hybridized carbons (Fsp3) is 0.400. The van der Waals surface area contributed by atoms with Gasteiger partial charge >= 0.3 is 0 Å². The summed E-state index contributed by atoms with van der Waals surface area (Å²) < 4.78 is 7.48. The summed E-state index contributed by atoms with van der Waals surface area (Å²) in [4.78, 5) is 0. The molecule has 0 bridgehead atoms. The lowest BCUT2D eigenvalue weighted by molar-refractivity contribution is 0.242. The number of hydrogen-bond donors (Lipinski definition) is 1. The highest BCUT2D eigenvalue weighted by Crippen LogP contribution is 2.21. The zero-order chi connectivity index (χ0) is 13.8. The Morgan fingerprint density at radius 3 is 2.74 bits per heavy atom. The fourth-order valence-electron chi connectivity index (χ4n) is 2.01. The molecule has 0 spiro atoms. The first-order valence-electron chi connectivity index (χ1n) is 6.55. The summed E-state index contributed by atoms with van der Waals surface area (Å²) in [5.74, 6) is 0.865. The van der Waals surface area contributed by atoms with Crippen LogP contribution in [-0.4, -0.2) is 15.9 Å². The van der Waals surface area contributed by atoms with Gasteiger partial charge in [-0.05, 0) is 37.6 Å². The predicted molar refractivity (Wildman–Crippen MR) is 76.0 cm³/mol. The number of benzene rings is 1. The Hall–Kier alpha value is -1.81. The second kappa shape index (κ2) is 5.89. The minimum atomic E-state index is -0.0642. The van der Waals surface area contributed by atoms with E-state index in [1.54, 1.807) is 4.68 Å². The van der Waals surface area contributed by atoms with Crippen LogP contribution in [0.1, 0.15) is 31.1 Å². The Morgan fingerprint density at radius 2 is 2.11 bits per heavy atom. The van der Waals surface area contributed by atoms with Crippen molar-refractivity contribution < 1.29 is 4.74 Å². The maximum absolute atomic E-state index is 6.23. The number of rotatable bonds is 5. The van der Waals surface area contributed by atoms with Crippen molar-refractivity contribution in [1.29, 1.82) is 0 Å². The summed E-state index contributed by atoms with van der Waals surface area (Å²) in [5, 5.41) is 4.35. The second-order valence-corrected chi connectivity index (χ2v) is 5.03. The van der Waals surface area contributed by atoms with Crippen molar-refractivity contribution in [3.05, 3.63) is 47.8 Å². The number of aryl methyl sites for hydroxylation is 1. The van der Waals surface area contributed by atoms with Crippen LogP contribution in [0.3, 0.4) is 0 Å². The summed E-state index contributed by atoms with van der Waals surface area (Å²) in [6, 6.07) is 9.90. The first kappa shape index (κ1) is 13.6. The van der Waals surface area contributed by atoms with Crippen LogP contribution >= 0.6 is 0 Å². The van der Waals surface area contributed by atoms with Gasteiger partial charge in [-0.1, -0.05) is 12.1 Å². The van der Waals surface area contributed by atoms with Gasteiger partial charge in [0.2, 0.25) is 0 Å². The molecule has 1 unspecified atom stereocenters. The summed E-state index contributed by atoms with van der Waals surface area (Å²) >= 11 is 0. The third kappa shape index (κ3) is 3.83. The van der Waals surface area contributed by atoms with Crippen LogP contribution in [-0.2, 0) is 13.5 Å². The molecule has 0 aliphatic carbocycles. The molecular weight excluding hydrogens is 238 g/mol. The van der Waals surface area contributed by atoms with Gasteiger partial charge in [-0.25, -0.2) is 0 Å². The Labute approximate surface area is 114 Å². The van der Waals surface area contributed by atoms with Gasteiger partial charge in [0.05, 0.1) is 11.8 Å². The standard InChI is InChI=1S/C15H21N3O/c1-11(2)19-14-6-4-5-12(9-14)15(16)10-13-7-8-18(3)17-13/h4-9,11,15H,10,16H2,1-3H3. The van der Waals surface area contributed by atoms with Crippen LogP contribution in [0, 0.1) is 0 Å². The summed E-state index contributed by atoms with van der Waals surface area (Å²) in [6.45, 7) is 4.03. The topological polar surface area (TPSA) is 53.1 Å². The van der Waals surface area contributed by atoms with E-state index in [-0.39, 0.29) is 12.1 Å². The number of nitrogens with two attached hydrogens (primary N) is 1. The number of ether oxygens (including phenoxy) is 1. The smallest absolute Gasteiger partial charge is 0.120 e. The van der Waals surface area contributed by atoms with E-state index in [0.29, 0.717) is 0 Å². The van der Waals surface area contributed by atoms with Gasteiger partial charge in [-0.15, -0.1) is 0 Å². The molecule has 4 heteroatoms. The highest BCUT2D eigenvalue weighted by Gasteiger charge is 2.10. The van der Waals surface area contributed by atoms with E-state index in [1.165, 1.54) is 0 Å². The lowest BCUT2D eigenvalue weighted by Gasteiger charge is -2.14. The molecule has 4 nitrogen and oxygen atoms in total. The second-order valence-electron chi connectivity index (χ2n) is 5.03. The maximum atomic E-state index is 6.23. The normalized spacial score (nSPS) is 12.7. The van der Waals surface area contributed by atoms with Gasteiger partial charge in [0, 0.05) is 25.7 Å². The monoisotopic (exact) mass is 259 g/mol. The van der Waals surface area contributed by atoms with Crippen LogP contribution in [0.15, 0.2) is 36.5 Å². The highest BCUT2D eigenvalue weighted by atomic mass is 16.5. The summed E-state index contributed by atoms with van der Waals surface area (Å²) in [6.07, 6.45) is 2.83. The quantitative estimate of drug-likeness (QED) is 0.897. The number of hydrogen-bond acceptors (Lipinski definition) is 3. The van der Waals surface area contributed by atoms with Crippen molar-refractivity contribution in [2.24, 2.45) is 12.8 Å². The van der Waals surface area contributed by atoms with Crippen molar-refractivity contribution >= 4 is 0 Å². The molecule has 1 aromatic heterocycles. The molecule has 2 rings (SSSR count). The minimum absolute atomic E-state index is 0.0642. The van der Waals surface area contributed by atoms with Gasteiger partial charge in [0.25, 0.3) is 0 Å². The van der Waals surface area contributed by atoms with Crippen molar-refractivity contribution in [1.82, 2.24) is 9.78 Å².